The van der Waals surface area contributed by atoms with Gasteiger partial charge in [0, 0.05) is 45.4 Å². The van der Waals surface area contributed by atoms with E-state index in [0.29, 0.717) is 30.9 Å². The fourth-order valence-corrected chi connectivity index (χ4v) is 3.97. The van der Waals surface area contributed by atoms with Crippen molar-refractivity contribution in [1.29, 1.82) is 0 Å². The van der Waals surface area contributed by atoms with Gasteiger partial charge >= 0.3 is 5.76 Å². The molecule has 152 valence electrons. The van der Waals surface area contributed by atoms with Crippen LogP contribution in [0, 0.1) is 0 Å². The molecule has 0 saturated carbocycles. The topological polar surface area (TPSA) is 77.2 Å². The fourth-order valence-electron chi connectivity index (χ4n) is 3.97. The van der Waals surface area contributed by atoms with Crippen molar-refractivity contribution < 1.29 is 18.7 Å². The van der Waals surface area contributed by atoms with Gasteiger partial charge in [-0.2, -0.15) is 0 Å². The van der Waals surface area contributed by atoms with Gasteiger partial charge < -0.3 is 18.8 Å². The normalized spacial score (nSPS) is 19.1. The molecule has 1 aromatic heterocycles. The number of hydrogen-bond donors (Lipinski definition) is 0. The van der Waals surface area contributed by atoms with Crippen molar-refractivity contribution in [3.63, 3.8) is 0 Å². The van der Waals surface area contributed by atoms with Crippen LogP contribution in [0.4, 0.5) is 0 Å². The Balaban J connectivity index is 1.49. The number of rotatable bonds is 6. The number of nitrogens with zero attached hydrogens (tertiary/aromatic N) is 3. The third-order valence-electron chi connectivity index (χ3n) is 5.58. The minimum atomic E-state index is -0.491. The molecule has 0 radical (unpaired) electrons. The summed E-state index contributed by atoms with van der Waals surface area (Å²) in [5.41, 5.74) is 1.16. The van der Waals surface area contributed by atoms with Crippen LogP contribution in [0.15, 0.2) is 33.5 Å². The van der Waals surface area contributed by atoms with Gasteiger partial charge in [0.25, 0.3) is 0 Å². The average Bonchev–Trinajstić information content (AvgIpc) is 3.05. The second-order valence-corrected chi connectivity index (χ2v) is 7.31. The molecule has 8 heteroatoms. The van der Waals surface area contributed by atoms with Crippen molar-refractivity contribution in [3.05, 3.63) is 34.8 Å². The molecule has 3 heterocycles. The zero-order chi connectivity index (χ0) is 19.3. The summed E-state index contributed by atoms with van der Waals surface area (Å²) < 4.78 is 17.6. The second kappa shape index (κ2) is 8.89. The number of oxazole rings is 1. The summed E-state index contributed by atoms with van der Waals surface area (Å²) in [6, 6.07) is 7.35. The largest absolute Gasteiger partial charge is 0.420 e. The van der Waals surface area contributed by atoms with E-state index in [4.69, 9.17) is 13.9 Å². The van der Waals surface area contributed by atoms with Crippen molar-refractivity contribution in [2.75, 3.05) is 52.6 Å². The molecule has 0 bridgehead atoms. The molecule has 2 saturated heterocycles. The summed E-state index contributed by atoms with van der Waals surface area (Å²) in [6.45, 7) is 6.05. The van der Waals surface area contributed by atoms with E-state index in [-0.39, 0.29) is 18.5 Å². The molecule has 4 rings (SSSR count). The molecule has 2 aromatic rings. The number of amides is 1. The van der Waals surface area contributed by atoms with Crippen LogP contribution in [0.25, 0.3) is 11.1 Å². The van der Waals surface area contributed by atoms with Gasteiger partial charge in [0.1, 0.15) is 6.54 Å². The molecule has 2 aliphatic heterocycles. The number of morpholine rings is 1. The number of para-hydroxylation sites is 2. The van der Waals surface area contributed by atoms with E-state index < -0.39 is 5.76 Å². The zero-order valence-corrected chi connectivity index (χ0v) is 16.0. The lowest BCUT2D eigenvalue weighted by Crippen LogP contribution is -2.49. The van der Waals surface area contributed by atoms with Gasteiger partial charge in [0.05, 0.1) is 18.7 Å². The van der Waals surface area contributed by atoms with Gasteiger partial charge in [-0.05, 0) is 25.0 Å². The van der Waals surface area contributed by atoms with Crippen molar-refractivity contribution in [3.8, 4) is 0 Å². The highest BCUT2D eigenvalue weighted by atomic mass is 16.5. The molecular weight excluding hydrogens is 362 g/mol. The van der Waals surface area contributed by atoms with Crippen LogP contribution in [0.1, 0.15) is 12.8 Å². The standard InChI is InChI=1S/C20H27N3O5/c24-19(15-23-17-3-1-2-4-18(17)28-20(23)25)22(16-5-11-26-12-6-16)8-7-21-9-13-27-14-10-21/h1-4,16H,5-15H2. The molecule has 2 aliphatic rings. The summed E-state index contributed by atoms with van der Waals surface area (Å²) in [5, 5.41) is 0. The maximum absolute atomic E-state index is 13.2. The first-order valence-corrected chi connectivity index (χ1v) is 9.98. The summed E-state index contributed by atoms with van der Waals surface area (Å²) in [5.74, 6) is -0.538. The first kappa shape index (κ1) is 19.2. The molecule has 28 heavy (non-hydrogen) atoms. The van der Waals surface area contributed by atoms with Crippen LogP contribution >= 0.6 is 0 Å². The Labute approximate surface area is 163 Å². The lowest BCUT2D eigenvalue weighted by atomic mass is 10.1. The van der Waals surface area contributed by atoms with E-state index in [9.17, 15) is 9.59 Å². The fraction of sp³-hybridized carbons (Fsp3) is 0.600. The van der Waals surface area contributed by atoms with Crippen molar-refractivity contribution >= 4 is 17.0 Å². The van der Waals surface area contributed by atoms with Crippen LogP contribution in [0.2, 0.25) is 0 Å². The van der Waals surface area contributed by atoms with Crippen LogP contribution in [-0.4, -0.2) is 78.9 Å². The van der Waals surface area contributed by atoms with Crippen molar-refractivity contribution in [2.24, 2.45) is 0 Å². The zero-order valence-electron chi connectivity index (χ0n) is 16.0. The number of fused-ring (bicyclic) bond motifs is 1. The Morgan fingerprint density at radius 3 is 2.57 bits per heavy atom. The predicted octanol–water partition coefficient (Wildman–Crippen LogP) is 0.934. The Morgan fingerprint density at radius 2 is 1.79 bits per heavy atom. The first-order valence-electron chi connectivity index (χ1n) is 9.98. The number of carbonyl (C=O) groups excluding carboxylic acids is 1. The number of carbonyl (C=O) groups is 1. The molecule has 0 N–H and O–H groups in total. The van der Waals surface area contributed by atoms with Crippen LogP contribution in [-0.2, 0) is 20.8 Å². The number of hydrogen-bond acceptors (Lipinski definition) is 6. The van der Waals surface area contributed by atoms with Crippen LogP contribution in [0.5, 0.6) is 0 Å². The number of aromatic nitrogens is 1. The summed E-state index contributed by atoms with van der Waals surface area (Å²) in [6.07, 6.45) is 1.66. The van der Waals surface area contributed by atoms with Gasteiger partial charge in [-0.3, -0.25) is 14.3 Å². The van der Waals surface area contributed by atoms with Gasteiger partial charge in [-0.1, -0.05) is 12.1 Å². The lowest BCUT2D eigenvalue weighted by Gasteiger charge is -2.36. The van der Waals surface area contributed by atoms with E-state index in [1.807, 2.05) is 17.0 Å². The minimum absolute atomic E-state index is 0.00366. The monoisotopic (exact) mass is 389 g/mol. The van der Waals surface area contributed by atoms with Crippen LogP contribution in [0.3, 0.4) is 0 Å². The van der Waals surface area contributed by atoms with Crippen molar-refractivity contribution in [1.82, 2.24) is 14.4 Å². The molecule has 0 spiro atoms. The molecule has 1 amide bonds. The highest BCUT2D eigenvalue weighted by Crippen LogP contribution is 2.17. The van der Waals surface area contributed by atoms with E-state index >= 15 is 0 Å². The minimum Gasteiger partial charge on any atom is -0.408 e. The summed E-state index contributed by atoms with van der Waals surface area (Å²) in [7, 11) is 0. The summed E-state index contributed by atoms with van der Waals surface area (Å²) >= 11 is 0. The molecule has 8 nitrogen and oxygen atoms in total. The van der Waals surface area contributed by atoms with Crippen LogP contribution < -0.4 is 5.76 Å². The molecule has 1 aromatic carbocycles. The van der Waals surface area contributed by atoms with Gasteiger partial charge in [-0.15, -0.1) is 0 Å². The highest BCUT2D eigenvalue weighted by Gasteiger charge is 2.27. The Morgan fingerprint density at radius 1 is 1.07 bits per heavy atom. The maximum atomic E-state index is 13.2. The highest BCUT2D eigenvalue weighted by molar-refractivity contribution is 5.79. The van der Waals surface area contributed by atoms with Gasteiger partial charge in [-0.25, -0.2) is 4.79 Å². The molecule has 0 aliphatic carbocycles. The molecule has 2 fully saturated rings. The van der Waals surface area contributed by atoms with Gasteiger partial charge in [0.15, 0.2) is 5.58 Å². The lowest BCUT2D eigenvalue weighted by molar-refractivity contribution is -0.136. The molecular formula is C20H27N3O5. The Bertz CT molecular complexity index is 849. The predicted molar refractivity (Wildman–Crippen MR) is 103 cm³/mol. The van der Waals surface area contributed by atoms with E-state index in [2.05, 4.69) is 4.90 Å². The summed E-state index contributed by atoms with van der Waals surface area (Å²) in [4.78, 5) is 29.7. The third-order valence-corrected chi connectivity index (χ3v) is 5.58. The maximum Gasteiger partial charge on any atom is 0.420 e. The Kier molecular flexibility index (Phi) is 6.09. The van der Waals surface area contributed by atoms with E-state index in [0.717, 1.165) is 45.7 Å². The molecule has 0 unspecified atom stereocenters. The number of benzene rings is 1. The average molecular weight is 389 g/mol. The first-order chi connectivity index (χ1) is 13.7. The number of ether oxygens (including phenoxy) is 2. The second-order valence-electron chi connectivity index (χ2n) is 7.31. The SMILES string of the molecule is O=C(Cn1c(=O)oc2ccccc21)N(CCN1CCOCC1)C1CCOCC1. The van der Waals surface area contributed by atoms with E-state index in [1.165, 1.54) is 4.57 Å². The van der Waals surface area contributed by atoms with Gasteiger partial charge in [0.2, 0.25) is 5.91 Å². The third kappa shape index (κ3) is 4.29. The quantitative estimate of drug-likeness (QED) is 0.732. The Hall–Kier alpha value is -2.16. The van der Waals surface area contributed by atoms with E-state index in [1.54, 1.807) is 12.1 Å². The molecule has 0 atom stereocenters. The van der Waals surface area contributed by atoms with Crippen molar-refractivity contribution in [2.45, 2.75) is 25.4 Å². The smallest absolute Gasteiger partial charge is 0.408 e.